The van der Waals surface area contributed by atoms with Gasteiger partial charge in [-0.3, -0.25) is 14.5 Å². The summed E-state index contributed by atoms with van der Waals surface area (Å²) >= 11 is 2.71. The van der Waals surface area contributed by atoms with E-state index in [1.165, 1.54) is 30.2 Å². The van der Waals surface area contributed by atoms with E-state index in [1.54, 1.807) is 4.90 Å². The van der Waals surface area contributed by atoms with Crippen LogP contribution in [-0.2, 0) is 27.2 Å². The van der Waals surface area contributed by atoms with Crippen molar-refractivity contribution < 1.29 is 19.1 Å². The summed E-state index contributed by atoms with van der Waals surface area (Å²) in [7, 11) is 1.35. The number of nitrogens with one attached hydrogen (secondary N) is 1. The lowest BCUT2D eigenvalue weighted by molar-refractivity contribution is -0.121. The van der Waals surface area contributed by atoms with Crippen molar-refractivity contribution in [1.82, 2.24) is 0 Å². The van der Waals surface area contributed by atoms with Gasteiger partial charge in [-0.05, 0) is 55.5 Å². The van der Waals surface area contributed by atoms with Crippen LogP contribution in [0.15, 0.2) is 65.7 Å². The number of nitrogens with zero attached hydrogens (tertiary/aromatic N) is 2. The number of anilines is 2. The Kier molecular flexibility index (Phi) is 7.20. The Hall–Kier alpha value is -3.43. The van der Waals surface area contributed by atoms with E-state index in [4.69, 9.17) is 9.73 Å². The Morgan fingerprint density at radius 2 is 1.75 bits per heavy atom. The molecule has 1 N–H and O–H groups in total. The van der Waals surface area contributed by atoms with E-state index in [0.717, 1.165) is 41.8 Å². The molecule has 1 saturated heterocycles. The van der Waals surface area contributed by atoms with Gasteiger partial charge in [-0.2, -0.15) is 0 Å². The van der Waals surface area contributed by atoms with Crippen molar-refractivity contribution in [2.45, 2.75) is 37.4 Å². The molecular weight excluding hydrogens is 494 g/mol. The normalized spacial score (nSPS) is 18.2. The maximum absolute atomic E-state index is 13.4. The lowest BCUT2D eigenvalue weighted by Gasteiger charge is -2.16. The van der Waals surface area contributed by atoms with Gasteiger partial charge in [0.2, 0.25) is 11.8 Å². The van der Waals surface area contributed by atoms with Crippen LogP contribution in [0.2, 0.25) is 0 Å². The topological polar surface area (TPSA) is 88.1 Å². The number of thioether (sulfide) groups is 1. The summed E-state index contributed by atoms with van der Waals surface area (Å²) in [5.41, 5.74) is 2.86. The number of para-hydroxylation sites is 2. The van der Waals surface area contributed by atoms with Crippen LogP contribution >= 0.6 is 23.1 Å². The first-order valence-electron chi connectivity index (χ1n) is 11.8. The number of fused-ring (bicyclic) bond motifs is 1. The molecule has 1 aliphatic carbocycles. The molecular formula is C27H25N3O4S2. The maximum Gasteiger partial charge on any atom is 0.341 e. The smallest absolute Gasteiger partial charge is 0.341 e. The van der Waals surface area contributed by atoms with Gasteiger partial charge in [-0.1, -0.05) is 48.2 Å². The standard InChI is InChI=1S/C27H25N3O4S2/c1-34-26(33)23-19-14-8-9-15-20(19)35-24(23)29-22(31)16-21-25(32)30(18-12-6-3-7-13-18)27(36-21)28-17-10-4-2-5-11-17/h2-7,10-13,21H,8-9,14-16H2,1H3,(H,29,31)/t21-/m1/s1. The van der Waals surface area contributed by atoms with Crippen molar-refractivity contribution in [3.05, 3.63) is 76.7 Å². The molecule has 0 bridgehead atoms. The molecule has 2 aromatic carbocycles. The monoisotopic (exact) mass is 519 g/mol. The number of aryl methyl sites for hydroxylation is 1. The van der Waals surface area contributed by atoms with E-state index in [2.05, 4.69) is 5.32 Å². The molecule has 7 nitrogen and oxygen atoms in total. The van der Waals surface area contributed by atoms with Crippen LogP contribution in [0.25, 0.3) is 0 Å². The van der Waals surface area contributed by atoms with Crippen LogP contribution in [0.3, 0.4) is 0 Å². The average Bonchev–Trinajstić information content (AvgIpc) is 3.41. The third-order valence-electron chi connectivity index (χ3n) is 6.11. The van der Waals surface area contributed by atoms with Gasteiger partial charge in [0.25, 0.3) is 0 Å². The van der Waals surface area contributed by atoms with E-state index in [1.807, 2.05) is 60.7 Å². The molecule has 2 aliphatic rings. The highest BCUT2D eigenvalue weighted by atomic mass is 32.2. The zero-order valence-corrected chi connectivity index (χ0v) is 21.4. The van der Waals surface area contributed by atoms with Crippen molar-refractivity contribution in [3.63, 3.8) is 0 Å². The molecule has 0 spiro atoms. The van der Waals surface area contributed by atoms with Gasteiger partial charge in [0.15, 0.2) is 5.17 Å². The summed E-state index contributed by atoms with van der Waals surface area (Å²) in [5.74, 6) is -0.961. The Balaban J connectivity index is 1.38. The van der Waals surface area contributed by atoms with Crippen LogP contribution in [0, 0.1) is 0 Å². The molecule has 3 aromatic rings. The fraction of sp³-hybridized carbons (Fsp3) is 0.259. The van der Waals surface area contributed by atoms with Crippen LogP contribution in [0.5, 0.6) is 0 Å². The summed E-state index contributed by atoms with van der Waals surface area (Å²) in [6, 6.07) is 18.7. The number of benzene rings is 2. The average molecular weight is 520 g/mol. The number of amidine groups is 1. The molecule has 184 valence electrons. The zero-order valence-electron chi connectivity index (χ0n) is 19.7. The fourth-order valence-corrected chi connectivity index (χ4v) is 6.87. The van der Waals surface area contributed by atoms with Gasteiger partial charge in [-0.25, -0.2) is 9.79 Å². The zero-order chi connectivity index (χ0) is 25.1. The third-order valence-corrected chi connectivity index (χ3v) is 8.46. The molecule has 0 unspecified atom stereocenters. The number of carbonyl (C=O) groups is 3. The summed E-state index contributed by atoms with van der Waals surface area (Å²) in [6.45, 7) is 0. The minimum Gasteiger partial charge on any atom is -0.465 e. The summed E-state index contributed by atoms with van der Waals surface area (Å²) in [5, 5.41) is 3.30. The number of amides is 2. The first-order valence-corrected chi connectivity index (χ1v) is 13.5. The van der Waals surface area contributed by atoms with Crippen LogP contribution < -0.4 is 10.2 Å². The molecule has 5 rings (SSSR count). The second kappa shape index (κ2) is 10.7. The number of esters is 1. The number of thiophene rings is 1. The van der Waals surface area contributed by atoms with Crippen LogP contribution in [-0.4, -0.2) is 35.3 Å². The lowest BCUT2D eigenvalue weighted by atomic mass is 9.95. The predicted molar refractivity (Wildman–Crippen MR) is 144 cm³/mol. The summed E-state index contributed by atoms with van der Waals surface area (Å²) in [4.78, 5) is 46.5. The SMILES string of the molecule is COC(=O)c1c(NC(=O)C[C@H]2SC(=Nc3ccccc3)N(c3ccccc3)C2=O)sc2c1CCCC2. The summed E-state index contributed by atoms with van der Waals surface area (Å²) in [6.07, 6.45) is 3.72. The van der Waals surface area contributed by atoms with Crippen molar-refractivity contribution in [2.24, 2.45) is 4.99 Å². The highest BCUT2D eigenvalue weighted by Crippen LogP contribution is 2.39. The predicted octanol–water partition coefficient (Wildman–Crippen LogP) is 5.58. The Bertz CT molecular complexity index is 1320. The number of rotatable bonds is 6. The minimum absolute atomic E-state index is 0.0379. The highest BCUT2D eigenvalue weighted by molar-refractivity contribution is 8.16. The highest BCUT2D eigenvalue weighted by Gasteiger charge is 2.40. The molecule has 1 aliphatic heterocycles. The van der Waals surface area contributed by atoms with Crippen LogP contribution in [0.4, 0.5) is 16.4 Å². The number of carbonyl (C=O) groups excluding carboxylic acids is 3. The lowest BCUT2D eigenvalue weighted by Crippen LogP contribution is -2.33. The number of methoxy groups -OCH3 is 1. The van der Waals surface area contributed by atoms with Crippen LogP contribution in [0.1, 0.15) is 40.1 Å². The second-order valence-corrected chi connectivity index (χ2v) is 10.8. The van der Waals surface area contributed by atoms with E-state index in [9.17, 15) is 14.4 Å². The maximum atomic E-state index is 13.4. The third kappa shape index (κ3) is 4.94. The number of ether oxygens (including phenoxy) is 1. The van der Waals surface area contributed by atoms with E-state index in [0.29, 0.717) is 21.4 Å². The van der Waals surface area contributed by atoms with Gasteiger partial charge in [0, 0.05) is 11.3 Å². The van der Waals surface area contributed by atoms with Crippen molar-refractivity contribution in [3.8, 4) is 0 Å². The van der Waals surface area contributed by atoms with E-state index >= 15 is 0 Å². The van der Waals surface area contributed by atoms with Gasteiger partial charge in [0.05, 0.1) is 24.0 Å². The number of hydrogen-bond acceptors (Lipinski definition) is 7. The largest absolute Gasteiger partial charge is 0.465 e. The molecule has 1 aromatic heterocycles. The fourth-order valence-electron chi connectivity index (χ4n) is 4.42. The van der Waals surface area contributed by atoms with Gasteiger partial charge in [-0.15, -0.1) is 11.3 Å². The summed E-state index contributed by atoms with van der Waals surface area (Å²) < 4.78 is 5.00. The minimum atomic E-state index is -0.635. The number of aliphatic imine (C=N–C) groups is 1. The Morgan fingerprint density at radius 3 is 2.47 bits per heavy atom. The molecule has 0 radical (unpaired) electrons. The van der Waals surface area contributed by atoms with Gasteiger partial charge < -0.3 is 10.1 Å². The molecule has 36 heavy (non-hydrogen) atoms. The van der Waals surface area contributed by atoms with Crippen molar-refractivity contribution in [1.29, 1.82) is 0 Å². The first kappa shape index (κ1) is 24.3. The molecule has 2 heterocycles. The quantitative estimate of drug-likeness (QED) is 0.430. The molecule has 9 heteroatoms. The molecule has 1 atom stereocenters. The Morgan fingerprint density at radius 1 is 1.06 bits per heavy atom. The van der Waals surface area contributed by atoms with Crippen molar-refractivity contribution in [2.75, 3.05) is 17.3 Å². The van der Waals surface area contributed by atoms with E-state index < -0.39 is 11.2 Å². The molecule has 1 fully saturated rings. The van der Waals surface area contributed by atoms with Gasteiger partial charge in [0.1, 0.15) is 10.3 Å². The Labute approximate surface area is 217 Å². The molecule has 2 amide bonds. The molecule has 0 saturated carbocycles. The van der Waals surface area contributed by atoms with Crippen molar-refractivity contribution >= 4 is 62.4 Å². The number of hydrogen-bond donors (Lipinski definition) is 1. The first-order chi connectivity index (χ1) is 17.5. The second-order valence-electron chi connectivity index (χ2n) is 8.50. The van der Waals surface area contributed by atoms with Gasteiger partial charge >= 0.3 is 5.97 Å². The van der Waals surface area contributed by atoms with E-state index in [-0.39, 0.29) is 18.2 Å².